The van der Waals surface area contributed by atoms with Gasteiger partial charge in [-0.25, -0.2) is 0 Å². The molecule has 1 rings (SSSR count). The molecule has 0 unspecified atom stereocenters. The molecule has 3 nitrogen and oxygen atoms in total. The summed E-state index contributed by atoms with van der Waals surface area (Å²) in [7, 11) is 1.43. The predicted molar refractivity (Wildman–Crippen MR) is 98.8 cm³/mol. The first kappa shape index (κ1) is 20.7. The first-order valence-electron chi connectivity index (χ1n) is 9.68. The van der Waals surface area contributed by atoms with Crippen LogP contribution in [0.3, 0.4) is 0 Å². The lowest BCUT2D eigenvalue weighted by molar-refractivity contribution is -0.140. The van der Waals surface area contributed by atoms with Gasteiger partial charge in [0.05, 0.1) is 7.11 Å². The Hall–Kier alpha value is -1.38. The van der Waals surface area contributed by atoms with Crippen LogP contribution < -0.4 is 0 Å². The minimum Gasteiger partial charge on any atom is -0.469 e. The Morgan fingerprint density at radius 3 is 2.54 bits per heavy atom. The van der Waals surface area contributed by atoms with E-state index in [4.69, 9.17) is 0 Å². The molecule has 24 heavy (non-hydrogen) atoms. The van der Waals surface area contributed by atoms with Crippen molar-refractivity contribution >= 4 is 11.8 Å². The summed E-state index contributed by atoms with van der Waals surface area (Å²) in [5.74, 6) is 0.400. The van der Waals surface area contributed by atoms with Gasteiger partial charge in [0, 0.05) is 17.9 Å². The summed E-state index contributed by atoms with van der Waals surface area (Å²) in [4.78, 5) is 23.0. The van der Waals surface area contributed by atoms with Crippen molar-refractivity contribution in [3.63, 3.8) is 0 Å². The fraction of sp³-hybridized carbons (Fsp3) is 0.714. The largest absolute Gasteiger partial charge is 0.469 e. The Labute approximate surface area is 147 Å². The molecule has 0 saturated heterocycles. The summed E-state index contributed by atoms with van der Waals surface area (Å²) in [6.45, 7) is 2.23. The Balaban J connectivity index is 2.19. The second kappa shape index (κ2) is 13.0. The molecule has 0 heterocycles. The summed E-state index contributed by atoms with van der Waals surface area (Å²) in [6.07, 6.45) is 19.1. The molecule has 1 aliphatic rings. The van der Waals surface area contributed by atoms with Gasteiger partial charge in [0.25, 0.3) is 0 Å². The number of hydrogen-bond acceptors (Lipinski definition) is 3. The van der Waals surface area contributed by atoms with E-state index in [1.54, 1.807) is 6.08 Å². The van der Waals surface area contributed by atoms with Gasteiger partial charge >= 0.3 is 5.97 Å². The zero-order chi connectivity index (χ0) is 17.6. The average molecular weight is 335 g/mol. The van der Waals surface area contributed by atoms with Gasteiger partial charge in [-0.3, -0.25) is 9.59 Å². The first-order valence-corrected chi connectivity index (χ1v) is 9.68. The maximum atomic E-state index is 12.0. The zero-order valence-corrected chi connectivity index (χ0v) is 15.5. The summed E-state index contributed by atoms with van der Waals surface area (Å²) < 4.78 is 4.64. The van der Waals surface area contributed by atoms with Crippen molar-refractivity contribution in [3.05, 3.63) is 23.8 Å². The molecule has 1 aliphatic carbocycles. The van der Waals surface area contributed by atoms with Crippen LogP contribution in [0.4, 0.5) is 0 Å². The number of ether oxygens (including phenoxy) is 1. The van der Waals surface area contributed by atoms with E-state index in [0.29, 0.717) is 12.3 Å². The van der Waals surface area contributed by atoms with Crippen LogP contribution in [0.25, 0.3) is 0 Å². The Bertz CT molecular complexity index is 434. The van der Waals surface area contributed by atoms with Gasteiger partial charge < -0.3 is 4.74 Å². The monoisotopic (exact) mass is 334 g/mol. The first-order chi connectivity index (χ1) is 11.7. The molecule has 1 atom stereocenters. The number of hydrogen-bond donors (Lipinski definition) is 0. The Morgan fingerprint density at radius 2 is 1.79 bits per heavy atom. The number of esters is 1. The van der Waals surface area contributed by atoms with Crippen molar-refractivity contribution in [2.24, 2.45) is 5.92 Å². The van der Waals surface area contributed by atoms with E-state index in [-0.39, 0.29) is 11.8 Å². The van der Waals surface area contributed by atoms with Crippen molar-refractivity contribution in [1.29, 1.82) is 0 Å². The van der Waals surface area contributed by atoms with Crippen LogP contribution in [0, 0.1) is 5.92 Å². The third-order valence-corrected chi connectivity index (χ3v) is 4.71. The van der Waals surface area contributed by atoms with Crippen molar-refractivity contribution in [1.82, 2.24) is 0 Å². The molecule has 3 heteroatoms. The molecular formula is C21H34O3. The van der Waals surface area contributed by atoms with E-state index < -0.39 is 0 Å². The molecule has 0 saturated carbocycles. The highest BCUT2D eigenvalue weighted by atomic mass is 16.5. The molecule has 0 spiro atoms. The number of carbonyl (C=O) groups is 2. The molecular weight excluding hydrogens is 300 g/mol. The number of allylic oxidation sites excluding steroid dienone is 4. The quantitative estimate of drug-likeness (QED) is 0.252. The highest BCUT2D eigenvalue weighted by Crippen LogP contribution is 2.27. The van der Waals surface area contributed by atoms with Crippen molar-refractivity contribution in [3.8, 4) is 0 Å². The summed E-state index contributed by atoms with van der Waals surface area (Å²) >= 11 is 0. The van der Waals surface area contributed by atoms with Crippen LogP contribution in [0.1, 0.15) is 84.0 Å². The van der Waals surface area contributed by atoms with E-state index >= 15 is 0 Å². The van der Waals surface area contributed by atoms with Crippen LogP contribution in [0.5, 0.6) is 0 Å². The third kappa shape index (κ3) is 8.47. The van der Waals surface area contributed by atoms with Gasteiger partial charge in [-0.05, 0) is 31.8 Å². The maximum absolute atomic E-state index is 12.0. The molecule has 0 aromatic heterocycles. The highest BCUT2D eigenvalue weighted by Gasteiger charge is 2.21. The van der Waals surface area contributed by atoms with Gasteiger partial charge in [0.2, 0.25) is 0 Å². The van der Waals surface area contributed by atoms with Crippen molar-refractivity contribution in [2.75, 3.05) is 7.11 Å². The smallest absolute Gasteiger partial charge is 0.305 e. The molecule has 0 fully saturated rings. The fourth-order valence-electron chi connectivity index (χ4n) is 3.18. The van der Waals surface area contributed by atoms with Gasteiger partial charge in [-0.1, -0.05) is 64.0 Å². The summed E-state index contributed by atoms with van der Waals surface area (Å²) in [6, 6.07) is 0. The molecule has 0 radical (unpaired) electrons. The van der Waals surface area contributed by atoms with E-state index in [2.05, 4.69) is 23.8 Å². The van der Waals surface area contributed by atoms with Crippen LogP contribution in [-0.2, 0) is 14.3 Å². The van der Waals surface area contributed by atoms with Crippen LogP contribution in [0.15, 0.2) is 23.8 Å². The fourth-order valence-corrected chi connectivity index (χ4v) is 3.18. The lowest BCUT2D eigenvalue weighted by Gasteiger charge is -2.10. The lowest BCUT2D eigenvalue weighted by Crippen LogP contribution is -2.03. The molecule has 0 aliphatic heterocycles. The van der Waals surface area contributed by atoms with E-state index in [1.165, 1.54) is 39.2 Å². The Kier molecular flexibility index (Phi) is 11.2. The number of unbranched alkanes of at least 4 members (excludes halogenated alkanes) is 8. The van der Waals surface area contributed by atoms with Gasteiger partial charge in [-0.2, -0.15) is 0 Å². The lowest BCUT2D eigenvalue weighted by atomic mass is 9.94. The minimum atomic E-state index is -0.122. The summed E-state index contributed by atoms with van der Waals surface area (Å²) in [5.41, 5.74) is 1.01. The molecule has 0 bridgehead atoms. The van der Waals surface area contributed by atoms with Crippen molar-refractivity contribution < 1.29 is 14.3 Å². The zero-order valence-electron chi connectivity index (χ0n) is 15.5. The second-order valence-electron chi connectivity index (χ2n) is 6.72. The van der Waals surface area contributed by atoms with E-state index in [0.717, 1.165) is 44.1 Å². The minimum absolute atomic E-state index is 0.122. The van der Waals surface area contributed by atoms with Gasteiger partial charge in [0.1, 0.15) is 0 Å². The van der Waals surface area contributed by atoms with E-state index in [1.807, 2.05) is 0 Å². The number of methoxy groups -OCH3 is 1. The van der Waals surface area contributed by atoms with Crippen LogP contribution >= 0.6 is 0 Å². The van der Waals surface area contributed by atoms with E-state index in [9.17, 15) is 9.59 Å². The molecule has 0 aromatic carbocycles. The molecule has 0 aromatic rings. The second-order valence-corrected chi connectivity index (χ2v) is 6.72. The number of ketones is 1. The van der Waals surface area contributed by atoms with Crippen LogP contribution in [-0.4, -0.2) is 18.9 Å². The normalized spacial score (nSPS) is 18.5. The molecule has 0 amide bonds. The number of rotatable bonds is 13. The SMILES string of the molecule is CCCCCCC/C=C1/C(=O)C=C[C@@H]1CCCCCCC(=O)OC. The molecule has 0 N–H and O–H groups in total. The summed E-state index contributed by atoms with van der Waals surface area (Å²) in [5, 5.41) is 0. The average Bonchev–Trinajstić information content (AvgIpc) is 2.94. The Morgan fingerprint density at radius 1 is 1.08 bits per heavy atom. The van der Waals surface area contributed by atoms with Gasteiger partial charge in [-0.15, -0.1) is 0 Å². The predicted octanol–water partition coefficient (Wildman–Crippen LogP) is 5.54. The van der Waals surface area contributed by atoms with Crippen molar-refractivity contribution in [2.45, 2.75) is 84.0 Å². The topological polar surface area (TPSA) is 43.4 Å². The third-order valence-electron chi connectivity index (χ3n) is 4.71. The number of carbonyl (C=O) groups excluding carboxylic acids is 2. The highest BCUT2D eigenvalue weighted by molar-refractivity contribution is 6.07. The van der Waals surface area contributed by atoms with Crippen LogP contribution in [0.2, 0.25) is 0 Å². The van der Waals surface area contributed by atoms with Gasteiger partial charge in [0.15, 0.2) is 5.78 Å². The maximum Gasteiger partial charge on any atom is 0.305 e. The standard InChI is InChI=1S/C21H34O3/c1-3-4-5-6-7-11-14-19-18(16-17-20(19)22)13-10-8-9-12-15-21(23)24-2/h14,16-18H,3-13,15H2,1-2H3/b19-14+/t18-/m0/s1. The molecule has 136 valence electrons.